The zero-order chi connectivity index (χ0) is 16.1. The maximum Gasteiger partial charge on any atom is 0.295 e. The SMILES string of the molecule is CSc1cnc(NCCC(C)Nc2nc3ccccc3o2)nc1. The highest BCUT2D eigenvalue weighted by Gasteiger charge is 2.08. The lowest BCUT2D eigenvalue weighted by Gasteiger charge is -2.12. The third-order valence-corrected chi connectivity index (χ3v) is 4.07. The number of rotatable bonds is 7. The summed E-state index contributed by atoms with van der Waals surface area (Å²) in [6.45, 7) is 2.86. The number of fused-ring (bicyclic) bond motifs is 1. The van der Waals surface area contributed by atoms with Gasteiger partial charge in [-0.1, -0.05) is 12.1 Å². The third-order valence-electron chi connectivity index (χ3n) is 3.39. The van der Waals surface area contributed by atoms with E-state index < -0.39 is 0 Å². The van der Waals surface area contributed by atoms with Gasteiger partial charge < -0.3 is 15.1 Å². The fraction of sp³-hybridized carbons (Fsp3) is 0.312. The standard InChI is InChI=1S/C16H19N5OS/c1-11(7-8-17-15-18-9-12(23-2)10-19-15)20-16-21-13-5-3-4-6-14(13)22-16/h3-6,9-11H,7-8H2,1-2H3,(H,20,21)(H,17,18,19). The lowest BCUT2D eigenvalue weighted by atomic mass is 10.2. The van der Waals surface area contributed by atoms with Crippen LogP contribution >= 0.6 is 11.8 Å². The second-order valence-corrected chi connectivity index (χ2v) is 6.07. The molecule has 1 atom stereocenters. The first-order valence-corrected chi connectivity index (χ1v) is 8.69. The van der Waals surface area contributed by atoms with Crippen molar-refractivity contribution in [3.8, 4) is 0 Å². The van der Waals surface area contributed by atoms with E-state index >= 15 is 0 Å². The molecule has 2 aromatic heterocycles. The fourth-order valence-electron chi connectivity index (χ4n) is 2.13. The molecule has 23 heavy (non-hydrogen) atoms. The molecule has 0 aliphatic rings. The van der Waals surface area contributed by atoms with Crippen LogP contribution < -0.4 is 10.6 Å². The molecule has 0 aliphatic carbocycles. The molecule has 0 aliphatic heterocycles. The Bertz CT molecular complexity index is 726. The molecule has 6 nitrogen and oxygen atoms in total. The molecule has 1 aromatic carbocycles. The minimum absolute atomic E-state index is 0.223. The van der Waals surface area contributed by atoms with Crippen molar-refractivity contribution in [1.82, 2.24) is 15.0 Å². The van der Waals surface area contributed by atoms with Crippen LogP contribution in [0.4, 0.5) is 12.0 Å². The van der Waals surface area contributed by atoms with Crippen LogP contribution in [0.1, 0.15) is 13.3 Å². The summed E-state index contributed by atoms with van der Waals surface area (Å²) in [5.41, 5.74) is 1.66. The number of benzene rings is 1. The molecule has 0 fully saturated rings. The Morgan fingerprint density at radius 3 is 2.74 bits per heavy atom. The first-order valence-electron chi connectivity index (χ1n) is 7.46. The van der Waals surface area contributed by atoms with Crippen molar-refractivity contribution in [3.63, 3.8) is 0 Å². The minimum Gasteiger partial charge on any atom is -0.424 e. The number of hydrogen-bond acceptors (Lipinski definition) is 7. The average Bonchev–Trinajstić information content (AvgIpc) is 2.97. The molecule has 3 aromatic rings. The Morgan fingerprint density at radius 1 is 1.22 bits per heavy atom. The zero-order valence-electron chi connectivity index (χ0n) is 13.1. The summed E-state index contributed by atoms with van der Waals surface area (Å²) < 4.78 is 5.66. The number of thioether (sulfide) groups is 1. The highest BCUT2D eigenvalue weighted by Crippen LogP contribution is 2.19. The summed E-state index contributed by atoms with van der Waals surface area (Å²) in [4.78, 5) is 14.0. The lowest BCUT2D eigenvalue weighted by molar-refractivity contribution is 0.593. The molecule has 7 heteroatoms. The fourth-order valence-corrected chi connectivity index (χ4v) is 2.45. The van der Waals surface area contributed by atoms with E-state index in [1.165, 1.54) is 0 Å². The molecule has 0 amide bonds. The van der Waals surface area contributed by atoms with Gasteiger partial charge in [-0.15, -0.1) is 11.8 Å². The van der Waals surface area contributed by atoms with E-state index in [0.717, 1.165) is 29.0 Å². The van der Waals surface area contributed by atoms with Crippen LogP contribution in [0.5, 0.6) is 0 Å². The third kappa shape index (κ3) is 4.13. The van der Waals surface area contributed by atoms with Crippen molar-refractivity contribution in [2.75, 3.05) is 23.4 Å². The monoisotopic (exact) mass is 329 g/mol. The lowest BCUT2D eigenvalue weighted by Crippen LogP contribution is -2.20. The number of nitrogens with zero attached hydrogens (tertiary/aromatic N) is 3. The second-order valence-electron chi connectivity index (χ2n) is 5.19. The van der Waals surface area contributed by atoms with Crippen molar-refractivity contribution in [2.24, 2.45) is 0 Å². The molecule has 3 rings (SSSR count). The predicted octanol–water partition coefficient (Wildman–Crippen LogP) is 3.64. The highest BCUT2D eigenvalue weighted by atomic mass is 32.2. The van der Waals surface area contributed by atoms with E-state index in [1.54, 1.807) is 11.8 Å². The van der Waals surface area contributed by atoms with Gasteiger partial charge in [0.05, 0.1) is 0 Å². The van der Waals surface area contributed by atoms with Crippen LogP contribution in [0.15, 0.2) is 46.0 Å². The van der Waals surface area contributed by atoms with E-state index in [4.69, 9.17) is 4.42 Å². The molecule has 2 N–H and O–H groups in total. The molecule has 0 bridgehead atoms. The van der Waals surface area contributed by atoms with Gasteiger partial charge in [-0.05, 0) is 31.7 Å². The molecular weight excluding hydrogens is 310 g/mol. The number of anilines is 2. The first-order chi connectivity index (χ1) is 11.2. The van der Waals surface area contributed by atoms with E-state index in [-0.39, 0.29) is 6.04 Å². The second kappa shape index (κ2) is 7.32. The Morgan fingerprint density at radius 2 is 2.00 bits per heavy atom. The quantitative estimate of drug-likeness (QED) is 0.641. The van der Waals surface area contributed by atoms with Gasteiger partial charge in [-0.3, -0.25) is 0 Å². The van der Waals surface area contributed by atoms with Crippen molar-refractivity contribution in [1.29, 1.82) is 0 Å². The van der Waals surface area contributed by atoms with Crippen LogP contribution in [0.2, 0.25) is 0 Å². The van der Waals surface area contributed by atoms with E-state index in [0.29, 0.717) is 12.0 Å². The zero-order valence-corrected chi connectivity index (χ0v) is 13.9. The largest absolute Gasteiger partial charge is 0.424 e. The Hall–Kier alpha value is -2.28. The summed E-state index contributed by atoms with van der Waals surface area (Å²) in [6, 6.07) is 8.51. The summed E-state index contributed by atoms with van der Waals surface area (Å²) in [5.74, 6) is 0.650. The number of oxazole rings is 1. The Labute approximate surface area is 139 Å². The van der Waals surface area contributed by atoms with Gasteiger partial charge in [-0.2, -0.15) is 4.98 Å². The van der Waals surface area contributed by atoms with Gasteiger partial charge in [-0.25, -0.2) is 9.97 Å². The van der Waals surface area contributed by atoms with Crippen molar-refractivity contribution in [2.45, 2.75) is 24.3 Å². The van der Waals surface area contributed by atoms with E-state index in [2.05, 4.69) is 32.5 Å². The normalized spacial score (nSPS) is 12.3. The molecule has 2 heterocycles. The number of nitrogens with one attached hydrogen (secondary N) is 2. The molecule has 1 unspecified atom stereocenters. The highest BCUT2D eigenvalue weighted by molar-refractivity contribution is 7.98. The molecular formula is C16H19N5OS. The van der Waals surface area contributed by atoms with Crippen molar-refractivity contribution in [3.05, 3.63) is 36.7 Å². The van der Waals surface area contributed by atoms with Crippen LogP contribution in [-0.2, 0) is 0 Å². The average molecular weight is 329 g/mol. The number of hydrogen-bond donors (Lipinski definition) is 2. The summed E-state index contributed by atoms with van der Waals surface area (Å²) in [5, 5.41) is 6.49. The molecule has 0 saturated carbocycles. The molecule has 0 saturated heterocycles. The van der Waals surface area contributed by atoms with Gasteiger partial charge in [0.25, 0.3) is 6.01 Å². The van der Waals surface area contributed by atoms with E-state index in [9.17, 15) is 0 Å². The predicted molar refractivity (Wildman–Crippen MR) is 94.0 cm³/mol. The topological polar surface area (TPSA) is 75.9 Å². The first kappa shape index (κ1) is 15.6. The van der Waals surface area contributed by atoms with Gasteiger partial charge in [0.2, 0.25) is 5.95 Å². The summed E-state index contributed by atoms with van der Waals surface area (Å²) in [7, 11) is 0. The van der Waals surface area contributed by atoms with Crippen LogP contribution in [0.3, 0.4) is 0 Å². The van der Waals surface area contributed by atoms with Crippen LogP contribution in [0, 0.1) is 0 Å². The van der Waals surface area contributed by atoms with Gasteiger partial charge in [0.15, 0.2) is 5.58 Å². The van der Waals surface area contributed by atoms with Crippen molar-refractivity contribution < 1.29 is 4.42 Å². The van der Waals surface area contributed by atoms with Gasteiger partial charge in [0, 0.05) is 29.9 Å². The molecule has 120 valence electrons. The Kier molecular flexibility index (Phi) is 4.97. The maximum atomic E-state index is 5.66. The van der Waals surface area contributed by atoms with Gasteiger partial charge >= 0.3 is 0 Å². The van der Waals surface area contributed by atoms with E-state index in [1.807, 2.05) is 42.9 Å². The van der Waals surface area contributed by atoms with Crippen LogP contribution in [0.25, 0.3) is 11.1 Å². The summed E-state index contributed by atoms with van der Waals surface area (Å²) in [6.07, 6.45) is 6.54. The summed E-state index contributed by atoms with van der Waals surface area (Å²) >= 11 is 1.63. The molecule has 0 spiro atoms. The molecule has 0 radical (unpaired) electrons. The number of para-hydroxylation sites is 2. The minimum atomic E-state index is 0.223. The van der Waals surface area contributed by atoms with Crippen molar-refractivity contribution >= 4 is 34.8 Å². The number of aromatic nitrogens is 3. The smallest absolute Gasteiger partial charge is 0.295 e. The van der Waals surface area contributed by atoms with Gasteiger partial charge in [0.1, 0.15) is 5.52 Å². The Balaban J connectivity index is 1.48. The maximum absolute atomic E-state index is 5.66. The van der Waals surface area contributed by atoms with Crippen LogP contribution in [-0.4, -0.2) is 33.8 Å².